The Balaban J connectivity index is 2.03. The summed E-state index contributed by atoms with van der Waals surface area (Å²) in [6.07, 6.45) is 2.27. The quantitative estimate of drug-likeness (QED) is 0.591. The first-order valence-corrected chi connectivity index (χ1v) is 3.89. The van der Waals surface area contributed by atoms with Crippen molar-refractivity contribution in [2.75, 3.05) is 5.33 Å². The summed E-state index contributed by atoms with van der Waals surface area (Å²) in [5.41, 5.74) is 0.0216. The van der Waals surface area contributed by atoms with E-state index in [9.17, 15) is 0 Å². The minimum atomic E-state index is 0.0216. The molecule has 0 saturated heterocycles. The maximum atomic E-state index is 3.88. The molecule has 0 aliphatic carbocycles. The Morgan fingerprint density at radius 2 is 2.12 bits per heavy atom. The zero-order chi connectivity index (χ0) is 6.04. The van der Waals surface area contributed by atoms with Crippen LogP contribution in [0.15, 0.2) is 10.2 Å². The topological polar surface area (TPSA) is 24.7 Å². The van der Waals surface area contributed by atoms with E-state index in [1.807, 2.05) is 0 Å². The second-order valence-corrected chi connectivity index (χ2v) is 3.00. The van der Waals surface area contributed by atoms with Crippen LogP contribution in [0.2, 0.25) is 0 Å². The molecule has 0 atom stereocenters. The van der Waals surface area contributed by atoms with Crippen molar-refractivity contribution in [1.29, 1.82) is 0 Å². The van der Waals surface area contributed by atoms with Gasteiger partial charge in [-0.25, -0.2) is 0 Å². The van der Waals surface area contributed by atoms with Crippen molar-refractivity contribution in [3.05, 3.63) is 0 Å². The van der Waals surface area contributed by atoms with E-state index < -0.39 is 0 Å². The molecule has 0 amide bonds. The van der Waals surface area contributed by atoms with Crippen molar-refractivity contribution in [1.82, 2.24) is 0 Å². The number of hydrogen-bond donors (Lipinski definition) is 0. The van der Waals surface area contributed by atoms with E-state index in [0.29, 0.717) is 0 Å². The number of alkyl halides is 1. The van der Waals surface area contributed by atoms with Crippen LogP contribution in [0.3, 0.4) is 0 Å². The first-order valence-electron chi connectivity index (χ1n) is 2.77. The van der Waals surface area contributed by atoms with Crippen LogP contribution in [0.1, 0.15) is 19.8 Å². The predicted octanol–water partition coefficient (Wildman–Crippen LogP) is 2.34. The van der Waals surface area contributed by atoms with Crippen LogP contribution >= 0.6 is 15.9 Å². The molecule has 0 radical (unpaired) electrons. The summed E-state index contributed by atoms with van der Waals surface area (Å²) in [6.45, 7) is 2.05. The third kappa shape index (κ3) is 1.54. The SMILES string of the molecule is CC1(CCCBr)N=N1. The highest BCUT2D eigenvalue weighted by Crippen LogP contribution is 2.31. The van der Waals surface area contributed by atoms with E-state index >= 15 is 0 Å². The summed E-state index contributed by atoms with van der Waals surface area (Å²) in [4.78, 5) is 0. The lowest BCUT2D eigenvalue weighted by Crippen LogP contribution is -2.02. The summed E-state index contributed by atoms with van der Waals surface area (Å²) < 4.78 is 0. The molecule has 1 aliphatic heterocycles. The van der Waals surface area contributed by atoms with Crippen molar-refractivity contribution in [3.63, 3.8) is 0 Å². The first kappa shape index (κ1) is 6.20. The van der Waals surface area contributed by atoms with E-state index in [1.54, 1.807) is 0 Å². The number of halogens is 1. The Morgan fingerprint density at radius 1 is 1.50 bits per heavy atom. The molecule has 0 aromatic heterocycles. The third-order valence-corrected chi connectivity index (χ3v) is 1.79. The normalized spacial score (nSPS) is 21.2. The van der Waals surface area contributed by atoms with Gasteiger partial charge in [0.25, 0.3) is 0 Å². The Labute approximate surface area is 57.5 Å². The maximum Gasteiger partial charge on any atom is 0.188 e. The van der Waals surface area contributed by atoms with Gasteiger partial charge in [0, 0.05) is 5.33 Å². The highest BCUT2D eigenvalue weighted by molar-refractivity contribution is 9.09. The van der Waals surface area contributed by atoms with E-state index in [0.717, 1.165) is 11.8 Å². The van der Waals surface area contributed by atoms with Crippen molar-refractivity contribution >= 4 is 15.9 Å². The smallest absolute Gasteiger partial charge is 0.159 e. The second kappa shape index (κ2) is 2.13. The van der Waals surface area contributed by atoms with Gasteiger partial charge in [-0.3, -0.25) is 0 Å². The van der Waals surface area contributed by atoms with Crippen LogP contribution in [0.25, 0.3) is 0 Å². The fraction of sp³-hybridized carbons (Fsp3) is 1.00. The molecule has 0 fully saturated rings. The van der Waals surface area contributed by atoms with E-state index in [-0.39, 0.29) is 5.66 Å². The van der Waals surface area contributed by atoms with Crippen LogP contribution in [0, 0.1) is 0 Å². The average molecular weight is 177 g/mol. The molecule has 1 aliphatic rings. The molecule has 1 heterocycles. The van der Waals surface area contributed by atoms with Gasteiger partial charge >= 0.3 is 0 Å². The van der Waals surface area contributed by atoms with Crippen molar-refractivity contribution < 1.29 is 0 Å². The average Bonchev–Trinajstić information content (AvgIpc) is 2.45. The summed E-state index contributed by atoms with van der Waals surface area (Å²) in [6, 6.07) is 0. The molecule has 46 valence electrons. The number of hydrogen-bond acceptors (Lipinski definition) is 2. The Bertz CT molecular complexity index is 105. The lowest BCUT2D eigenvalue weighted by Gasteiger charge is -1.97. The van der Waals surface area contributed by atoms with Gasteiger partial charge in [-0.2, -0.15) is 10.2 Å². The van der Waals surface area contributed by atoms with Gasteiger partial charge in [0.05, 0.1) is 0 Å². The van der Waals surface area contributed by atoms with Gasteiger partial charge in [-0.1, -0.05) is 15.9 Å². The fourth-order valence-corrected chi connectivity index (χ4v) is 0.867. The molecule has 0 N–H and O–H groups in total. The molecule has 3 heteroatoms. The van der Waals surface area contributed by atoms with Crippen LogP contribution < -0.4 is 0 Å². The van der Waals surface area contributed by atoms with Gasteiger partial charge in [0.15, 0.2) is 5.66 Å². The van der Waals surface area contributed by atoms with Crippen molar-refractivity contribution in [2.45, 2.75) is 25.4 Å². The van der Waals surface area contributed by atoms with Gasteiger partial charge in [0.2, 0.25) is 0 Å². The third-order valence-electron chi connectivity index (χ3n) is 1.23. The maximum absolute atomic E-state index is 3.88. The summed E-state index contributed by atoms with van der Waals surface area (Å²) in [5, 5.41) is 8.82. The van der Waals surface area contributed by atoms with Gasteiger partial charge in [-0.05, 0) is 19.8 Å². The monoisotopic (exact) mass is 176 g/mol. The molecule has 0 bridgehead atoms. The molecular weight excluding hydrogens is 168 g/mol. The molecule has 0 spiro atoms. The first-order chi connectivity index (χ1) is 3.77. The summed E-state index contributed by atoms with van der Waals surface area (Å²) in [7, 11) is 0. The minimum absolute atomic E-state index is 0.0216. The van der Waals surface area contributed by atoms with Gasteiger partial charge in [0.1, 0.15) is 0 Å². The molecule has 0 aromatic carbocycles. The lowest BCUT2D eigenvalue weighted by atomic mass is 10.1. The molecule has 2 nitrogen and oxygen atoms in total. The minimum Gasteiger partial charge on any atom is -0.159 e. The van der Waals surface area contributed by atoms with Gasteiger partial charge < -0.3 is 0 Å². The van der Waals surface area contributed by atoms with Crippen LogP contribution in [-0.2, 0) is 0 Å². The number of rotatable bonds is 3. The largest absolute Gasteiger partial charge is 0.188 e. The van der Waals surface area contributed by atoms with E-state index in [1.165, 1.54) is 6.42 Å². The van der Waals surface area contributed by atoms with Gasteiger partial charge in [-0.15, -0.1) is 0 Å². The van der Waals surface area contributed by atoms with Crippen molar-refractivity contribution in [3.8, 4) is 0 Å². The molecule has 8 heavy (non-hydrogen) atoms. The molecule has 1 rings (SSSR count). The molecule has 0 unspecified atom stereocenters. The number of nitrogens with zero attached hydrogens (tertiary/aromatic N) is 2. The van der Waals surface area contributed by atoms with E-state index in [4.69, 9.17) is 0 Å². The highest BCUT2D eigenvalue weighted by Gasteiger charge is 2.32. The molecular formula is C5H9BrN2. The molecule has 0 aromatic rings. The van der Waals surface area contributed by atoms with E-state index in [2.05, 4.69) is 33.1 Å². The zero-order valence-corrected chi connectivity index (χ0v) is 6.48. The summed E-state index contributed by atoms with van der Waals surface area (Å²) >= 11 is 3.35. The van der Waals surface area contributed by atoms with Crippen molar-refractivity contribution in [2.24, 2.45) is 10.2 Å². The zero-order valence-electron chi connectivity index (χ0n) is 4.89. The van der Waals surface area contributed by atoms with Crippen LogP contribution in [0.4, 0.5) is 0 Å². The standard InChI is InChI=1S/C5H9BrN2/c1-5(7-8-5)3-2-4-6/h2-4H2,1H3. The fourth-order valence-electron chi connectivity index (χ4n) is 0.587. The second-order valence-electron chi connectivity index (χ2n) is 2.21. The Morgan fingerprint density at radius 3 is 2.50 bits per heavy atom. The Hall–Kier alpha value is 0.0800. The summed E-state index contributed by atoms with van der Waals surface area (Å²) in [5.74, 6) is 0. The van der Waals surface area contributed by atoms with Crippen LogP contribution in [0.5, 0.6) is 0 Å². The highest BCUT2D eigenvalue weighted by atomic mass is 79.9. The molecule has 0 saturated carbocycles. The van der Waals surface area contributed by atoms with Crippen LogP contribution in [-0.4, -0.2) is 11.0 Å². The lowest BCUT2D eigenvalue weighted by molar-refractivity contribution is 0.594. The predicted molar refractivity (Wildman–Crippen MR) is 36.3 cm³/mol. The Kier molecular flexibility index (Phi) is 1.65.